The van der Waals surface area contributed by atoms with E-state index in [1.165, 1.54) is 0 Å². The molecule has 3 unspecified atom stereocenters. The van der Waals surface area contributed by atoms with Crippen molar-refractivity contribution < 1.29 is 9.53 Å². The summed E-state index contributed by atoms with van der Waals surface area (Å²) in [6, 6.07) is 0. The lowest BCUT2D eigenvalue weighted by atomic mass is 9.66. The van der Waals surface area contributed by atoms with E-state index >= 15 is 0 Å². The Bertz CT molecular complexity index is 252. The van der Waals surface area contributed by atoms with E-state index in [0.29, 0.717) is 23.0 Å². The van der Waals surface area contributed by atoms with Gasteiger partial charge in [-0.2, -0.15) is 0 Å². The van der Waals surface area contributed by atoms with Crippen molar-refractivity contribution in [3.8, 4) is 0 Å². The van der Waals surface area contributed by atoms with Crippen LogP contribution in [0, 0.1) is 23.2 Å². The number of carbonyl (C=O) groups excluding carboxylic acids is 1. The van der Waals surface area contributed by atoms with E-state index in [1.807, 2.05) is 0 Å². The maximum absolute atomic E-state index is 12.0. The summed E-state index contributed by atoms with van der Waals surface area (Å²) in [6.45, 7) is 9.86. The summed E-state index contributed by atoms with van der Waals surface area (Å²) < 4.78 is 5.12. The van der Waals surface area contributed by atoms with Crippen molar-refractivity contribution in [1.29, 1.82) is 0 Å². The van der Waals surface area contributed by atoms with Crippen LogP contribution in [0.5, 0.6) is 0 Å². The Morgan fingerprint density at radius 2 is 2.06 bits per heavy atom. The Labute approximate surface area is 106 Å². The summed E-state index contributed by atoms with van der Waals surface area (Å²) in [6.07, 6.45) is 3.94. The third kappa shape index (κ3) is 4.09. The fourth-order valence-corrected chi connectivity index (χ4v) is 2.90. The van der Waals surface area contributed by atoms with E-state index in [4.69, 9.17) is 4.74 Å². The zero-order chi connectivity index (χ0) is 13.1. The highest BCUT2D eigenvalue weighted by atomic mass is 16.5. The first kappa shape index (κ1) is 14.7. The van der Waals surface area contributed by atoms with Gasteiger partial charge < -0.3 is 4.74 Å². The molecule has 1 aliphatic rings. The molecule has 2 nitrogen and oxygen atoms in total. The molecule has 2 heteroatoms. The van der Waals surface area contributed by atoms with Gasteiger partial charge in [0.15, 0.2) is 0 Å². The van der Waals surface area contributed by atoms with E-state index in [1.54, 1.807) is 7.11 Å². The molecule has 0 aromatic carbocycles. The Morgan fingerprint density at radius 1 is 1.41 bits per heavy atom. The van der Waals surface area contributed by atoms with Crippen LogP contribution in [0.15, 0.2) is 0 Å². The Hall–Kier alpha value is -0.370. The molecule has 0 aliphatic heterocycles. The van der Waals surface area contributed by atoms with Gasteiger partial charge in [0.1, 0.15) is 5.78 Å². The number of ketones is 1. The number of methoxy groups -OCH3 is 1. The summed E-state index contributed by atoms with van der Waals surface area (Å²) in [5.74, 6) is 1.90. The first-order valence-electron chi connectivity index (χ1n) is 6.88. The molecule has 100 valence electrons. The molecule has 1 rings (SSSR count). The quantitative estimate of drug-likeness (QED) is 0.749. The summed E-state index contributed by atoms with van der Waals surface area (Å²) in [4.78, 5) is 12.0. The maximum atomic E-state index is 12.0. The van der Waals surface area contributed by atoms with Crippen LogP contribution in [0.1, 0.15) is 53.4 Å². The number of Topliss-reactive ketones (excluding diaryl/α,β-unsaturated/α-hetero) is 1. The van der Waals surface area contributed by atoms with Gasteiger partial charge >= 0.3 is 0 Å². The van der Waals surface area contributed by atoms with Crippen molar-refractivity contribution in [2.75, 3.05) is 13.7 Å². The van der Waals surface area contributed by atoms with Crippen LogP contribution in [-0.2, 0) is 9.53 Å². The average molecular weight is 240 g/mol. The van der Waals surface area contributed by atoms with E-state index < -0.39 is 0 Å². The second-order valence-electron chi connectivity index (χ2n) is 6.67. The summed E-state index contributed by atoms with van der Waals surface area (Å²) >= 11 is 0. The van der Waals surface area contributed by atoms with Crippen molar-refractivity contribution in [2.24, 2.45) is 23.2 Å². The highest BCUT2D eigenvalue weighted by Crippen LogP contribution is 2.41. The normalized spacial score (nSPS) is 28.2. The number of rotatable bonds is 4. The van der Waals surface area contributed by atoms with Crippen molar-refractivity contribution >= 4 is 5.78 Å². The minimum atomic E-state index is 0.267. The van der Waals surface area contributed by atoms with Crippen LogP contribution in [0.4, 0.5) is 0 Å². The van der Waals surface area contributed by atoms with E-state index in [0.717, 1.165) is 32.3 Å². The third-order valence-electron chi connectivity index (χ3n) is 4.38. The lowest BCUT2D eigenvalue weighted by Crippen LogP contribution is -2.35. The largest absolute Gasteiger partial charge is 0.385 e. The van der Waals surface area contributed by atoms with E-state index in [-0.39, 0.29) is 5.92 Å². The van der Waals surface area contributed by atoms with E-state index in [2.05, 4.69) is 27.7 Å². The van der Waals surface area contributed by atoms with Crippen LogP contribution in [0.25, 0.3) is 0 Å². The van der Waals surface area contributed by atoms with E-state index in [9.17, 15) is 4.79 Å². The zero-order valence-corrected chi connectivity index (χ0v) is 12.1. The molecule has 0 bridgehead atoms. The second-order valence-corrected chi connectivity index (χ2v) is 6.67. The van der Waals surface area contributed by atoms with Gasteiger partial charge in [-0.05, 0) is 36.5 Å². The lowest BCUT2D eigenvalue weighted by molar-refractivity contribution is -0.128. The molecule has 1 aliphatic carbocycles. The molecule has 0 heterocycles. The minimum Gasteiger partial charge on any atom is -0.385 e. The highest BCUT2D eigenvalue weighted by Gasteiger charge is 2.36. The second kappa shape index (κ2) is 5.99. The third-order valence-corrected chi connectivity index (χ3v) is 4.38. The summed E-state index contributed by atoms with van der Waals surface area (Å²) in [5.41, 5.74) is 0.333. The molecule has 17 heavy (non-hydrogen) atoms. The van der Waals surface area contributed by atoms with Crippen molar-refractivity contribution in [1.82, 2.24) is 0 Å². The monoisotopic (exact) mass is 240 g/mol. The molecule has 1 fully saturated rings. The molecule has 0 spiro atoms. The molecule has 0 aromatic heterocycles. The fraction of sp³-hybridized carbons (Fsp3) is 0.933. The lowest BCUT2D eigenvalue weighted by Gasteiger charge is -2.39. The SMILES string of the molecule is COCCC(C)C1CC(C(C)(C)C)CCC1=O. The first-order valence-corrected chi connectivity index (χ1v) is 6.88. The number of carbonyl (C=O) groups is 1. The predicted molar refractivity (Wildman–Crippen MR) is 71.0 cm³/mol. The van der Waals surface area contributed by atoms with Crippen LogP contribution < -0.4 is 0 Å². The topological polar surface area (TPSA) is 26.3 Å². The number of hydrogen-bond donors (Lipinski definition) is 0. The zero-order valence-electron chi connectivity index (χ0n) is 12.1. The van der Waals surface area contributed by atoms with Gasteiger partial charge in [0.2, 0.25) is 0 Å². The van der Waals surface area contributed by atoms with Gasteiger partial charge in [0.05, 0.1) is 0 Å². The predicted octanol–water partition coefficient (Wildman–Crippen LogP) is 3.69. The van der Waals surface area contributed by atoms with Crippen molar-refractivity contribution in [3.05, 3.63) is 0 Å². The molecular weight excluding hydrogens is 212 g/mol. The number of ether oxygens (including phenoxy) is 1. The first-order chi connectivity index (χ1) is 7.86. The Balaban J connectivity index is 2.60. The molecule has 1 saturated carbocycles. The molecule has 0 radical (unpaired) electrons. The van der Waals surface area contributed by atoms with Gasteiger partial charge in [-0.3, -0.25) is 4.79 Å². The van der Waals surface area contributed by atoms with Crippen LogP contribution in [0.3, 0.4) is 0 Å². The molecule has 0 aromatic rings. The van der Waals surface area contributed by atoms with Crippen LogP contribution >= 0.6 is 0 Å². The molecule has 0 saturated heterocycles. The molecule has 3 atom stereocenters. The van der Waals surface area contributed by atoms with Gasteiger partial charge in [-0.25, -0.2) is 0 Å². The van der Waals surface area contributed by atoms with Gasteiger partial charge in [0.25, 0.3) is 0 Å². The average Bonchev–Trinajstić information content (AvgIpc) is 2.24. The summed E-state index contributed by atoms with van der Waals surface area (Å²) in [7, 11) is 1.73. The van der Waals surface area contributed by atoms with Crippen LogP contribution in [-0.4, -0.2) is 19.5 Å². The number of hydrogen-bond acceptors (Lipinski definition) is 2. The Morgan fingerprint density at radius 3 is 2.59 bits per heavy atom. The van der Waals surface area contributed by atoms with Crippen LogP contribution in [0.2, 0.25) is 0 Å². The molecule has 0 N–H and O–H groups in total. The van der Waals surface area contributed by atoms with Gasteiger partial charge in [-0.1, -0.05) is 27.7 Å². The standard InChI is InChI=1S/C15H28O2/c1-11(8-9-17-5)13-10-12(15(2,3)4)6-7-14(13)16/h11-13H,6-10H2,1-5H3. The minimum absolute atomic E-state index is 0.267. The Kier molecular flexibility index (Phi) is 5.18. The maximum Gasteiger partial charge on any atom is 0.136 e. The van der Waals surface area contributed by atoms with Crippen molar-refractivity contribution in [2.45, 2.75) is 53.4 Å². The smallest absolute Gasteiger partial charge is 0.136 e. The highest BCUT2D eigenvalue weighted by molar-refractivity contribution is 5.82. The molecular formula is C15H28O2. The van der Waals surface area contributed by atoms with Gasteiger partial charge in [-0.15, -0.1) is 0 Å². The van der Waals surface area contributed by atoms with Gasteiger partial charge in [0, 0.05) is 26.1 Å². The molecule has 0 amide bonds. The fourth-order valence-electron chi connectivity index (χ4n) is 2.90. The summed E-state index contributed by atoms with van der Waals surface area (Å²) in [5, 5.41) is 0. The van der Waals surface area contributed by atoms with Crippen molar-refractivity contribution in [3.63, 3.8) is 0 Å².